The van der Waals surface area contributed by atoms with E-state index in [9.17, 15) is 0 Å². The van der Waals surface area contributed by atoms with Gasteiger partial charge in [-0.1, -0.05) is 6.92 Å². The van der Waals surface area contributed by atoms with Crippen LogP contribution in [0.4, 0.5) is 11.6 Å². The van der Waals surface area contributed by atoms with Crippen molar-refractivity contribution in [3.63, 3.8) is 0 Å². The number of hydrogen-bond acceptors (Lipinski definition) is 6. The van der Waals surface area contributed by atoms with Crippen molar-refractivity contribution in [3.8, 4) is 0 Å². The second kappa shape index (κ2) is 6.36. The van der Waals surface area contributed by atoms with Crippen molar-refractivity contribution >= 4 is 11.6 Å². The molecule has 0 aliphatic heterocycles. The Bertz CT molecular complexity index is 369. The summed E-state index contributed by atoms with van der Waals surface area (Å²) >= 11 is 0. The molecule has 0 aromatic carbocycles. The third kappa shape index (κ3) is 3.83. The number of aryl methyl sites for hydroxylation is 1. The molecule has 0 bridgehead atoms. The van der Waals surface area contributed by atoms with E-state index >= 15 is 0 Å². The zero-order valence-electron chi connectivity index (χ0n) is 10.9. The number of hydrazine groups is 1. The predicted octanol–water partition coefficient (Wildman–Crippen LogP) is 1.07. The van der Waals surface area contributed by atoms with Crippen LogP contribution in [0.2, 0.25) is 0 Å². The van der Waals surface area contributed by atoms with Gasteiger partial charge in [0, 0.05) is 19.2 Å². The van der Waals surface area contributed by atoms with Crippen molar-refractivity contribution in [3.05, 3.63) is 11.4 Å². The number of methoxy groups -OCH3 is 1. The number of rotatable bonds is 6. The van der Waals surface area contributed by atoms with Crippen LogP contribution < -0.4 is 16.6 Å². The normalized spacial score (nSPS) is 12.3. The molecule has 0 aliphatic rings. The molecule has 0 fully saturated rings. The van der Waals surface area contributed by atoms with Crippen LogP contribution >= 0.6 is 0 Å². The first kappa shape index (κ1) is 13.7. The second-order valence-electron chi connectivity index (χ2n) is 4.18. The Morgan fingerprint density at radius 2 is 1.94 bits per heavy atom. The molecule has 0 saturated heterocycles. The smallest absolute Gasteiger partial charge is 0.148 e. The van der Waals surface area contributed by atoms with Gasteiger partial charge in [-0.15, -0.1) is 0 Å². The molecule has 0 aliphatic carbocycles. The van der Waals surface area contributed by atoms with Gasteiger partial charge in [-0.3, -0.25) is 0 Å². The average molecular weight is 239 g/mol. The molecule has 6 heteroatoms. The van der Waals surface area contributed by atoms with Crippen molar-refractivity contribution in [1.29, 1.82) is 0 Å². The minimum Gasteiger partial charge on any atom is -0.384 e. The molecule has 0 saturated carbocycles. The van der Waals surface area contributed by atoms with Gasteiger partial charge in [0.15, 0.2) is 0 Å². The third-order valence-electron chi connectivity index (χ3n) is 2.46. The number of nitrogen functional groups attached to an aromatic ring is 1. The zero-order chi connectivity index (χ0) is 12.8. The largest absolute Gasteiger partial charge is 0.384 e. The maximum Gasteiger partial charge on any atom is 0.148 e. The van der Waals surface area contributed by atoms with E-state index in [1.807, 2.05) is 13.8 Å². The van der Waals surface area contributed by atoms with E-state index in [4.69, 9.17) is 10.6 Å². The van der Waals surface area contributed by atoms with Gasteiger partial charge in [0.05, 0.1) is 6.61 Å². The fourth-order valence-electron chi connectivity index (χ4n) is 1.56. The minimum absolute atomic E-state index is 0.420. The van der Waals surface area contributed by atoms with Crippen LogP contribution in [0.3, 0.4) is 0 Å². The van der Waals surface area contributed by atoms with Gasteiger partial charge in [-0.2, -0.15) is 0 Å². The fraction of sp³-hybridized carbons (Fsp3) is 0.636. The highest BCUT2D eigenvalue weighted by Crippen LogP contribution is 2.19. The number of aromatic nitrogens is 2. The summed E-state index contributed by atoms with van der Waals surface area (Å²) in [6.07, 6.45) is 0. The van der Waals surface area contributed by atoms with Gasteiger partial charge in [-0.25, -0.2) is 15.8 Å². The molecular formula is C11H21N5O. The maximum atomic E-state index is 5.40. The van der Waals surface area contributed by atoms with E-state index in [-0.39, 0.29) is 0 Å². The molecule has 4 N–H and O–H groups in total. The highest BCUT2D eigenvalue weighted by atomic mass is 16.5. The summed E-state index contributed by atoms with van der Waals surface area (Å²) < 4.78 is 5.09. The lowest BCUT2D eigenvalue weighted by atomic mass is 10.2. The van der Waals surface area contributed by atoms with Gasteiger partial charge in [0.25, 0.3) is 0 Å². The van der Waals surface area contributed by atoms with Crippen molar-refractivity contribution in [1.82, 2.24) is 9.97 Å². The molecule has 96 valence electrons. The molecule has 0 spiro atoms. The van der Waals surface area contributed by atoms with E-state index in [1.165, 1.54) is 0 Å². The van der Waals surface area contributed by atoms with Crippen molar-refractivity contribution in [2.24, 2.45) is 11.8 Å². The van der Waals surface area contributed by atoms with E-state index in [0.29, 0.717) is 17.6 Å². The van der Waals surface area contributed by atoms with Crippen LogP contribution in [0.25, 0.3) is 0 Å². The van der Waals surface area contributed by atoms with Crippen LogP contribution in [0.5, 0.6) is 0 Å². The predicted molar refractivity (Wildman–Crippen MR) is 68.8 cm³/mol. The summed E-state index contributed by atoms with van der Waals surface area (Å²) in [4.78, 5) is 8.56. The highest BCUT2D eigenvalue weighted by Gasteiger charge is 2.09. The second-order valence-corrected chi connectivity index (χ2v) is 4.18. The van der Waals surface area contributed by atoms with E-state index in [2.05, 4.69) is 27.6 Å². The number of anilines is 2. The van der Waals surface area contributed by atoms with Crippen LogP contribution in [0, 0.1) is 19.8 Å². The number of nitrogens with zero attached hydrogens (tertiary/aromatic N) is 2. The summed E-state index contributed by atoms with van der Waals surface area (Å²) in [5, 5.41) is 3.29. The molecule has 1 aromatic rings. The first-order valence-corrected chi connectivity index (χ1v) is 5.63. The number of ether oxygens (including phenoxy) is 1. The molecule has 1 rings (SSSR count). The summed E-state index contributed by atoms with van der Waals surface area (Å²) in [5.74, 6) is 7.98. The summed E-state index contributed by atoms with van der Waals surface area (Å²) in [6.45, 7) is 7.40. The van der Waals surface area contributed by atoms with Crippen LogP contribution in [-0.2, 0) is 4.74 Å². The standard InChI is InChI=1S/C11H21N5O/c1-7(6-17-4)5-13-10-8(2)11(16-12)15-9(3)14-10/h7H,5-6,12H2,1-4H3,(H2,13,14,15,16). The van der Waals surface area contributed by atoms with Crippen molar-refractivity contribution in [2.75, 3.05) is 31.0 Å². The Balaban J connectivity index is 2.73. The lowest BCUT2D eigenvalue weighted by Crippen LogP contribution is -2.19. The van der Waals surface area contributed by atoms with E-state index in [1.54, 1.807) is 7.11 Å². The Hall–Kier alpha value is -1.40. The van der Waals surface area contributed by atoms with Crippen molar-refractivity contribution in [2.45, 2.75) is 20.8 Å². The topological polar surface area (TPSA) is 85.1 Å². The molecule has 0 radical (unpaired) electrons. The zero-order valence-corrected chi connectivity index (χ0v) is 10.9. The average Bonchev–Trinajstić information content (AvgIpc) is 2.30. The summed E-state index contributed by atoms with van der Waals surface area (Å²) in [6, 6.07) is 0. The van der Waals surface area contributed by atoms with E-state index in [0.717, 1.165) is 24.5 Å². The first-order chi connectivity index (χ1) is 8.08. The Morgan fingerprint density at radius 3 is 2.53 bits per heavy atom. The SMILES string of the molecule is COCC(C)CNc1nc(C)nc(NN)c1C. The first-order valence-electron chi connectivity index (χ1n) is 5.63. The molecule has 1 atom stereocenters. The lowest BCUT2D eigenvalue weighted by Gasteiger charge is -2.15. The summed E-state index contributed by atoms with van der Waals surface area (Å²) in [5.41, 5.74) is 3.49. The quantitative estimate of drug-likeness (QED) is 0.508. The third-order valence-corrected chi connectivity index (χ3v) is 2.46. The molecule has 1 unspecified atom stereocenters. The van der Waals surface area contributed by atoms with Crippen molar-refractivity contribution < 1.29 is 4.74 Å². The molecule has 0 amide bonds. The van der Waals surface area contributed by atoms with Gasteiger partial charge >= 0.3 is 0 Å². The molecular weight excluding hydrogens is 218 g/mol. The van der Waals surface area contributed by atoms with Crippen LogP contribution in [0.15, 0.2) is 0 Å². The number of nitrogens with one attached hydrogen (secondary N) is 2. The molecule has 1 aromatic heterocycles. The Labute approximate surface area is 102 Å². The molecule has 6 nitrogen and oxygen atoms in total. The van der Waals surface area contributed by atoms with Gasteiger partial charge in [0.1, 0.15) is 17.5 Å². The van der Waals surface area contributed by atoms with Crippen LogP contribution in [0.1, 0.15) is 18.3 Å². The van der Waals surface area contributed by atoms with Crippen LogP contribution in [-0.4, -0.2) is 30.2 Å². The Morgan fingerprint density at radius 1 is 1.29 bits per heavy atom. The number of hydrogen-bond donors (Lipinski definition) is 3. The monoisotopic (exact) mass is 239 g/mol. The maximum absolute atomic E-state index is 5.40. The van der Waals surface area contributed by atoms with E-state index < -0.39 is 0 Å². The summed E-state index contributed by atoms with van der Waals surface area (Å²) in [7, 11) is 1.70. The number of nitrogens with two attached hydrogens (primary N) is 1. The molecule has 17 heavy (non-hydrogen) atoms. The minimum atomic E-state index is 0.420. The van der Waals surface area contributed by atoms with Gasteiger partial charge in [0.2, 0.25) is 0 Å². The van der Waals surface area contributed by atoms with Gasteiger partial charge in [-0.05, 0) is 19.8 Å². The fourth-order valence-corrected chi connectivity index (χ4v) is 1.56. The Kier molecular flexibility index (Phi) is 5.11. The lowest BCUT2D eigenvalue weighted by molar-refractivity contribution is 0.164. The molecule has 1 heterocycles. The van der Waals surface area contributed by atoms with Gasteiger partial charge < -0.3 is 15.5 Å². The highest BCUT2D eigenvalue weighted by molar-refractivity contribution is 5.56.